The summed E-state index contributed by atoms with van der Waals surface area (Å²) < 4.78 is 6.76. The van der Waals surface area contributed by atoms with Crippen molar-refractivity contribution in [1.29, 1.82) is 0 Å². The molecule has 0 aromatic carbocycles. The predicted molar refractivity (Wildman–Crippen MR) is 101 cm³/mol. The molecule has 1 fully saturated rings. The Hall–Kier alpha value is -0.340. The van der Waals surface area contributed by atoms with E-state index in [0.29, 0.717) is 17.6 Å². The largest absolute Gasteiger partial charge is 0.369 e. The normalized spacial score (nSPS) is 24.0. The predicted octanol–water partition coefficient (Wildman–Crippen LogP) is 5.63. The highest BCUT2D eigenvalue weighted by atomic mass is 16.6. The molecule has 2 unspecified atom stereocenters. The molecule has 0 spiro atoms. The zero-order chi connectivity index (χ0) is 18.3. The Labute approximate surface area is 145 Å². The molecule has 1 saturated heterocycles. The van der Waals surface area contributed by atoms with Crippen LogP contribution in [0, 0.1) is 16.2 Å². The molecule has 2 heteroatoms. The van der Waals surface area contributed by atoms with Gasteiger partial charge in [-0.3, -0.25) is 0 Å². The lowest BCUT2D eigenvalue weighted by Crippen LogP contribution is -2.50. The van der Waals surface area contributed by atoms with Crippen LogP contribution in [0.3, 0.4) is 0 Å². The molecule has 0 bridgehead atoms. The Morgan fingerprint density at radius 3 is 1.91 bits per heavy atom. The van der Waals surface area contributed by atoms with E-state index >= 15 is 0 Å². The van der Waals surface area contributed by atoms with E-state index in [9.17, 15) is 0 Å². The summed E-state index contributed by atoms with van der Waals surface area (Å²) in [5.41, 5.74) is 2.32. The lowest BCUT2D eigenvalue weighted by molar-refractivity contribution is -0.847. The molecule has 23 heavy (non-hydrogen) atoms. The fourth-order valence-corrected chi connectivity index (χ4v) is 3.83. The van der Waals surface area contributed by atoms with E-state index in [0.717, 1.165) is 11.0 Å². The number of ether oxygens (including phenoxy) is 1. The molecular formula is C21H42NO+. The van der Waals surface area contributed by atoms with Gasteiger partial charge in [-0.25, -0.2) is 0 Å². The summed E-state index contributed by atoms with van der Waals surface area (Å²) in [5, 5.41) is 0. The SMILES string of the molecule is CC(=C[N+](C)(C)CC(C)(C)C(C)(C)C1OC1C)CCC(C)(C)C. The molecule has 2 nitrogen and oxygen atoms in total. The van der Waals surface area contributed by atoms with Gasteiger partial charge in [-0.05, 0) is 37.7 Å². The lowest BCUT2D eigenvalue weighted by Gasteiger charge is -2.44. The highest BCUT2D eigenvalue weighted by Crippen LogP contribution is 2.50. The van der Waals surface area contributed by atoms with Crippen LogP contribution in [0.25, 0.3) is 0 Å². The van der Waals surface area contributed by atoms with Crippen molar-refractivity contribution in [2.24, 2.45) is 16.2 Å². The van der Waals surface area contributed by atoms with Crippen molar-refractivity contribution in [2.45, 2.75) is 87.4 Å². The maximum Gasteiger partial charge on any atom is 0.0943 e. The third kappa shape index (κ3) is 5.90. The van der Waals surface area contributed by atoms with Gasteiger partial charge < -0.3 is 9.22 Å². The molecular weight excluding hydrogens is 282 g/mol. The van der Waals surface area contributed by atoms with Crippen LogP contribution in [0.2, 0.25) is 0 Å². The first kappa shape index (κ1) is 20.7. The quantitative estimate of drug-likeness (QED) is 0.436. The Kier molecular flexibility index (Phi) is 5.87. The number of allylic oxidation sites excluding steroid dienone is 1. The van der Waals surface area contributed by atoms with Crippen LogP contribution in [-0.2, 0) is 4.74 Å². The van der Waals surface area contributed by atoms with Crippen LogP contribution in [0.15, 0.2) is 11.8 Å². The number of quaternary nitrogens is 1. The molecule has 1 aliphatic rings. The van der Waals surface area contributed by atoms with Crippen LogP contribution < -0.4 is 0 Å². The van der Waals surface area contributed by atoms with E-state index in [2.05, 4.69) is 82.6 Å². The monoisotopic (exact) mass is 324 g/mol. The van der Waals surface area contributed by atoms with Gasteiger partial charge in [-0.15, -0.1) is 0 Å². The molecule has 0 saturated carbocycles. The zero-order valence-electron chi connectivity index (χ0n) is 17.7. The van der Waals surface area contributed by atoms with Crippen LogP contribution >= 0.6 is 0 Å². The maximum absolute atomic E-state index is 5.82. The van der Waals surface area contributed by atoms with Crippen LogP contribution in [0.5, 0.6) is 0 Å². The first-order valence-electron chi connectivity index (χ1n) is 9.24. The number of nitrogens with zero attached hydrogens (tertiary/aromatic N) is 1. The molecule has 0 aromatic rings. The summed E-state index contributed by atoms with van der Waals surface area (Å²) in [7, 11) is 4.66. The van der Waals surface area contributed by atoms with Crippen LogP contribution in [0.4, 0.5) is 0 Å². The first-order valence-corrected chi connectivity index (χ1v) is 9.24. The number of rotatable bonds is 7. The summed E-state index contributed by atoms with van der Waals surface area (Å²) in [6, 6.07) is 0. The Balaban J connectivity index is 2.76. The number of hydrogen-bond acceptors (Lipinski definition) is 1. The Morgan fingerprint density at radius 2 is 1.52 bits per heavy atom. The Morgan fingerprint density at radius 1 is 1.04 bits per heavy atom. The van der Waals surface area contributed by atoms with E-state index < -0.39 is 0 Å². The summed E-state index contributed by atoms with van der Waals surface area (Å²) in [6.45, 7) is 22.1. The summed E-state index contributed by atoms with van der Waals surface area (Å²) >= 11 is 0. The Bertz CT molecular complexity index is 437. The van der Waals surface area contributed by atoms with E-state index in [4.69, 9.17) is 4.74 Å². The molecule has 0 aliphatic carbocycles. The summed E-state index contributed by atoms with van der Waals surface area (Å²) in [6.07, 6.45) is 5.73. The van der Waals surface area contributed by atoms with Crippen molar-refractivity contribution >= 4 is 0 Å². The van der Waals surface area contributed by atoms with E-state index in [-0.39, 0.29) is 10.8 Å². The standard InChI is InChI=1S/C21H42NO/c1-16(12-13-19(3,4)5)14-22(10,11)15-20(6,7)21(8,9)18-17(2)23-18/h14,17-18H,12-13,15H2,1-11H3/q+1. The first-order chi connectivity index (χ1) is 10.1. The highest BCUT2D eigenvalue weighted by Gasteiger charge is 2.55. The molecule has 1 aliphatic heterocycles. The minimum Gasteiger partial charge on any atom is -0.369 e. The molecule has 2 atom stereocenters. The third-order valence-corrected chi connectivity index (χ3v) is 5.81. The molecule has 0 aromatic heterocycles. The molecule has 0 amide bonds. The van der Waals surface area contributed by atoms with Crippen molar-refractivity contribution < 1.29 is 9.22 Å². The number of epoxide rings is 1. The maximum atomic E-state index is 5.82. The van der Waals surface area contributed by atoms with E-state index in [1.807, 2.05) is 0 Å². The second kappa shape index (κ2) is 6.52. The zero-order valence-corrected chi connectivity index (χ0v) is 17.7. The minimum absolute atomic E-state index is 0.190. The van der Waals surface area contributed by atoms with Crippen molar-refractivity contribution in [1.82, 2.24) is 0 Å². The van der Waals surface area contributed by atoms with Gasteiger partial charge in [0.15, 0.2) is 0 Å². The second-order valence-electron chi connectivity index (χ2n) is 10.8. The molecule has 1 rings (SSSR count). The fraction of sp³-hybridized carbons (Fsp3) is 0.905. The van der Waals surface area contributed by atoms with Gasteiger partial charge in [-0.2, -0.15) is 0 Å². The third-order valence-electron chi connectivity index (χ3n) is 5.81. The van der Waals surface area contributed by atoms with Crippen molar-refractivity contribution in [3.8, 4) is 0 Å². The topological polar surface area (TPSA) is 12.5 Å². The van der Waals surface area contributed by atoms with E-state index in [1.54, 1.807) is 0 Å². The van der Waals surface area contributed by atoms with Crippen LogP contribution in [-0.4, -0.2) is 37.3 Å². The molecule has 1 heterocycles. The van der Waals surface area contributed by atoms with Crippen molar-refractivity contribution in [3.63, 3.8) is 0 Å². The van der Waals surface area contributed by atoms with Gasteiger partial charge in [0.1, 0.15) is 0 Å². The fourth-order valence-electron chi connectivity index (χ4n) is 3.83. The lowest BCUT2D eigenvalue weighted by atomic mass is 9.65. The summed E-state index contributed by atoms with van der Waals surface area (Å²) in [4.78, 5) is 0. The van der Waals surface area contributed by atoms with Gasteiger partial charge in [0.2, 0.25) is 0 Å². The van der Waals surface area contributed by atoms with Gasteiger partial charge in [-0.1, -0.05) is 48.5 Å². The second-order valence-corrected chi connectivity index (χ2v) is 10.8. The van der Waals surface area contributed by atoms with Crippen molar-refractivity contribution in [3.05, 3.63) is 11.8 Å². The minimum atomic E-state index is 0.190. The van der Waals surface area contributed by atoms with Gasteiger partial charge >= 0.3 is 0 Å². The van der Waals surface area contributed by atoms with Crippen molar-refractivity contribution in [2.75, 3.05) is 20.6 Å². The van der Waals surface area contributed by atoms with Gasteiger partial charge in [0.05, 0.1) is 39.0 Å². The van der Waals surface area contributed by atoms with Gasteiger partial charge in [0.25, 0.3) is 0 Å². The smallest absolute Gasteiger partial charge is 0.0943 e. The molecule has 0 radical (unpaired) electrons. The average Bonchev–Trinajstić information content (AvgIpc) is 3.01. The molecule has 0 N–H and O–H groups in total. The van der Waals surface area contributed by atoms with E-state index in [1.165, 1.54) is 18.4 Å². The number of hydrogen-bond donors (Lipinski definition) is 0. The molecule has 136 valence electrons. The highest BCUT2D eigenvalue weighted by molar-refractivity contribution is 5.02. The van der Waals surface area contributed by atoms with Gasteiger partial charge in [0, 0.05) is 10.8 Å². The summed E-state index contributed by atoms with van der Waals surface area (Å²) in [5.74, 6) is 0. The average molecular weight is 325 g/mol. The van der Waals surface area contributed by atoms with Crippen LogP contribution in [0.1, 0.15) is 75.2 Å².